The van der Waals surface area contributed by atoms with Gasteiger partial charge in [-0.2, -0.15) is 0 Å². The number of aromatic nitrogens is 1. The molecule has 3 rings (SSSR count). The number of nitrogens with one attached hydrogen (secondary N) is 1. The summed E-state index contributed by atoms with van der Waals surface area (Å²) in [5.74, 6) is -0.151. The number of rotatable bonds is 4. The summed E-state index contributed by atoms with van der Waals surface area (Å²) in [6.45, 7) is 0. The van der Waals surface area contributed by atoms with E-state index in [9.17, 15) is 9.59 Å². The van der Waals surface area contributed by atoms with Gasteiger partial charge in [-0.05, 0) is 30.9 Å². The summed E-state index contributed by atoms with van der Waals surface area (Å²) < 4.78 is 1.51. The molecule has 1 heterocycles. The van der Waals surface area contributed by atoms with Crippen LogP contribution >= 0.6 is 0 Å². The molecule has 1 aromatic carbocycles. The van der Waals surface area contributed by atoms with Gasteiger partial charge in [0, 0.05) is 11.8 Å². The van der Waals surface area contributed by atoms with Crippen LogP contribution in [-0.4, -0.2) is 16.5 Å². The van der Waals surface area contributed by atoms with Crippen LogP contribution in [0.3, 0.4) is 0 Å². The molecule has 1 aliphatic rings. The van der Waals surface area contributed by atoms with E-state index in [0.29, 0.717) is 18.0 Å². The van der Waals surface area contributed by atoms with Crippen molar-refractivity contribution in [1.82, 2.24) is 4.68 Å². The molecule has 1 aliphatic carbocycles. The van der Waals surface area contributed by atoms with Gasteiger partial charge < -0.3 is 5.73 Å². The maximum atomic E-state index is 12.2. The topological polar surface area (TPSA) is 77.1 Å². The molecule has 0 aliphatic heterocycles. The van der Waals surface area contributed by atoms with E-state index < -0.39 is 5.91 Å². The van der Waals surface area contributed by atoms with Gasteiger partial charge in [0.15, 0.2) is 0 Å². The fraction of sp³-hybridized carbons (Fsp3) is 0.375. The monoisotopic (exact) mass is 285 g/mol. The zero-order valence-corrected chi connectivity index (χ0v) is 11.8. The van der Waals surface area contributed by atoms with E-state index >= 15 is 0 Å². The molecule has 0 radical (unpaired) electrons. The minimum absolute atomic E-state index is 0.0641. The molecule has 3 N–H and O–H groups in total. The lowest BCUT2D eigenvalue weighted by Gasteiger charge is -2.13. The highest BCUT2D eigenvalue weighted by Gasteiger charge is 2.20. The molecule has 21 heavy (non-hydrogen) atoms. The molecule has 2 aromatic rings. The second kappa shape index (κ2) is 5.60. The second-order valence-corrected chi connectivity index (χ2v) is 5.68. The Morgan fingerprint density at radius 2 is 1.95 bits per heavy atom. The van der Waals surface area contributed by atoms with Gasteiger partial charge in [0.2, 0.25) is 5.91 Å². The minimum atomic E-state index is -0.549. The third-order valence-electron chi connectivity index (χ3n) is 4.15. The van der Waals surface area contributed by atoms with Gasteiger partial charge >= 0.3 is 0 Å². The molecule has 0 spiro atoms. The summed E-state index contributed by atoms with van der Waals surface area (Å²) in [4.78, 5) is 23.8. The molecule has 110 valence electrons. The Hall–Kier alpha value is -2.30. The second-order valence-electron chi connectivity index (χ2n) is 5.68. The number of nitrogens with two attached hydrogens (primary N) is 1. The lowest BCUT2D eigenvalue weighted by atomic mass is 10.0. The van der Waals surface area contributed by atoms with Crippen LogP contribution in [0.1, 0.15) is 42.6 Å². The number of amides is 2. The molecule has 1 fully saturated rings. The first kappa shape index (κ1) is 13.7. The predicted octanol–water partition coefficient (Wildman–Crippen LogP) is 2.39. The standard InChI is InChI=1S/C16H19N3O2/c17-16(21)14-10-12-7-3-4-8-13(12)19(14)18-15(20)9-11-5-1-2-6-11/h3-4,7-8,10-11H,1-2,5-6,9H2,(H2,17,21)(H,18,20). The van der Waals surface area contributed by atoms with E-state index in [2.05, 4.69) is 5.43 Å². The van der Waals surface area contributed by atoms with Crippen LogP contribution in [0.5, 0.6) is 0 Å². The highest BCUT2D eigenvalue weighted by molar-refractivity contribution is 5.99. The summed E-state index contributed by atoms with van der Waals surface area (Å²) >= 11 is 0. The Morgan fingerprint density at radius 1 is 1.24 bits per heavy atom. The summed E-state index contributed by atoms with van der Waals surface area (Å²) in [7, 11) is 0. The molecule has 0 unspecified atom stereocenters. The maximum absolute atomic E-state index is 12.2. The van der Waals surface area contributed by atoms with Crippen LogP contribution in [0.25, 0.3) is 10.9 Å². The van der Waals surface area contributed by atoms with Crippen molar-refractivity contribution >= 4 is 22.7 Å². The average Bonchev–Trinajstić information content (AvgIpc) is 3.07. The molecule has 0 bridgehead atoms. The van der Waals surface area contributed by atoms with E-state index in [-0.39, 0.29) is 5.91 Å². The molecule has 2 amide bonds. The number of carbonyl (C=O) groups excluding carboxylic acids is 2. The normalized spacial score (nSPS) is 15.4. The number of hydrogen-bond acceptors (Lipinski definition) is 2. The summed E-state index contributed by atoms with van der Waals surface area (Å²) in [6.07, 6.45) is 5.14. The fourth-order valence-electron chi connectivity index (χ4n) is 3.10. The number of fused-ring (bicyclic) bond motifs is 1. The highest BCUT2D eigenvalue weighted by Crippen LogP contribution is 2.27. The van der Waals surface area contributed by atoms with Gasteiger partial charge in [-0.25, -0.2) is 4.68 Å². The first-order valence-electron chi connectivity index (χ1n) is 7.35. The number of nitrogens with zero attached hydrogens (tertiary/aromatic N) is 1. The average molecular weight is 285 g/mol. The number of para-hydroxylation sites is 1. The van der Waals surface area contributed by atoms with Gasteiger partial charge in [-0.3, -0.25) is 15.0 Å². The van der Waals surface area contributed by atoms with Crippen LogP contribution in [-0.2, 0) is 4.79 Å². The molecule has 0 atom stereocenters. The van der Waals surface area contributed by atoms with E-state index in [0.717, 1.165) is 23.7 Å². The lowest BCUT2D eigenvalue weighted by Crippen LogP contribution is -2.28. The van der Waals surface area contributed by atoms with E-state index in [1.807, 2.05) is 24.3 Å². The lowest BCUT2D eigenvalue weighted by molar-refractivity contribution is -0.117. The maximum Gasteiger partial charge on any atom is 0.267 e. The van der Waals surface area contributed by atoms with Crippen molar-refractivity contribution in [3.63, 3.8) is 0 Å². The predicted molar refractivity (Wildman–Crippen MR) is 81.4 cm³/mol. The number of carbonyl (C=O) groups is 2. The van der Waals surface area contributed by atoms with Crippen molar-refractivity contribution in [2.45, 2.75) is 32.1 Å². The van der Waals surface area contributed by atoms with Crippen molar-refractivity contribution in [2.75, 3.05) is 5.43 Å². The summed E-state index contributed by atoms with van der Waals surface area (Å²) in [5.41, 5.74) is 9.31. The fourth-order valence-corrected chi connectivity index (χ4v) is 3.10. The van der Waals surface area contributed by atoms with E-state index in [1.54, 1.807) is 6.07 Å². The van der Waals surface area contributed by atoms with Crippen molar-refractivity contribution in [3.05, 3.63) is 36.0 Å². The zero-order chi connectivity index (χ0) is 14.8. The SMILES string of the molecule is NC(=O)c1cc2ccccc2n1NC(=O)CC1CCCC1. The van der Waals surface area contributed by atoms with Crippen LogP contribution in [0.2, 0.25) is 0 Å². The Morgan fingerprint density at radius 3 is 2.67 bits per heavy atom. The van der Waals surface area contributed by atoms with Gasteiger partial charge in [0.1, 0.15) is 5.69 Å². The van der Waals surface area contributed by atoms with Crippen LogP contribution in [0, 0.1) is 5.92 Å². The molecule has 0 saturated heterocycles. The van der Waals surface area contributed by atoms with Gasteiger partial charge in [0.05, 0.1) is 5.52 Å². The Labute approximate surface area is 123 Å². The molecule has 5 nitrogen and oxygen atoms in total. The van der Waals surface area contributed by atoms with Gasteiger partial charge in [-0.1, -0.05) is 31.0 Å². The first-order chi connectivity index (χ1) is 10.1. The third kappa shape index (κ3) is 2.77. The molecule has 1 aromatic heterocycles. The first-order valence-corrected chi connectivity index (χ1v) is 7.35. The summed E-state index contributed by atoms with van der Waals surface area (Å²) in [6, 6.07) is 9.21. The largest absolute Gasteiger partial charge is 0.364 e. The third-order valence-corrected chi connectivity index (χ3v) is 4.15. The van der Waals surface area contributed by atoms with E-state index in [1.165, 1.54) is 17.5 Å². The van der Waals surface area contributed by atoms with Gasteiger partial charge in [-0.15, -0.1) is 0 Å². The van der Waals surface area contributed by atoms with Crippen molar-refractivity contribution in [2.24, 2.45) is 11.7 Å². The van der Waals surface area contributed by atoms with E-state index in [4.69, 9.17) is 5.73 Å². The smallest absolute Gasteiger partial charge is 0.267 e. The Balaban J connectivity index is 1.86. The Kier molecular flexibility index (Phi) is 3.64. The number of primary amides is 1. The van der Waals surface area contributed by atoms with Crippen molar-refractivity contribution < 1.29 is 9.59 Å². The molecule has 1 saturated carbocycles. The molecule has 5 heteroatoms. The number of hydrogen-bond donors (Lipinski definition) is 2. The van der Waals surface area contributed by atoms with Gasteiger partial charge in [0.25, 0.3) is 5.91 Å². The highest BCUT2D eigenvalue weighted by atomic mass is 16.2. The van der Waals surface area contributed by atoms with Crippen molar-refractivity contribution in [3.8, 4) is 0 Å². The van der Waals surface area contributed by atoms with Crippen LogP contribution in [0.15, 0.2) is 30.3 Å². The summed E-state index contributed by atoms with van der Waals surface area (Å²) in [5, 5.41) is 0.882. The number of benzene rings is 1. The zero-order valence-electron chi connectivity index (χ0n) is 11.8. The molecular formula is C16H19N3O2. The van der Waals surface area contributed by atoms with Crippen molar-refractivity contribution in [1.29, 1.82) is 0 Å². The van der Waals surface area contributed by atoms with Crippen LogP contribution in [0.4, 0.5) is 0 Å². The Bertz CT molecular complexity index is 684. The molecular weight excluding hydrogens is 266 g/mol. The van der Waals surface area contributed by atoms with Crippen LogP contribution < -0.4 is 11.2 Å². The quantitative estimate of drug-likeness (QED) is 0.904. The minimum Gasteiger partial charge on any atom is -0.364 e.